The third-order valence-corrected chi connectivity index (χ3v) is 3.47. The van der Waals surface area contributed by atoms with Gasteiger partial charge in [-0.05, 0) is 23.1 Å². The summed E-state index contributed by atoms with van der Waals surface area (Å²) < 4.78 is 40.1. The van der Waals surface area contributed by atoms with Gasteiger partial charge in [-0.15, -0.1) is 0 Å². The monoisotopic (exact) mass is 313 g/mol. The lowest BCUT2D eigenvalue weighted by molar-refractivity contribution is -0.0893. The largest absolute Gasteiger partial charge is 0.431 e. The zero-order chi connectivity index (χ0) is 16.3. The second-order valence-corrected chi connectivity index (χ2v) is 5.12. The molecule has 3 aromatic carbocycles. The van der Waals surface area contributed by atoms with E-state index in [9.17, 15) is 13.2 Å². The summed E-state index contributed by atoms with van der Waals surface area (Å²) in [5.74, 6) is 0. The maximum Gasteiger partial charge on any atom is 0.431 e. The molecular weight excluding hydrogens is 299 g/mol. The second kappa shape index (κ2) is 6.16. The van der Waals surface area contributed by atoms with Crippen molar-refractivity contribution in [3.8, 4) is 0 Å². The minimum Gasteiger partial charge on any atom is -0.351 e. The Morgan fingerprint density at radius 3 is 2.17 bits per heavy atom. The summed E-state index contributed by atoms with van der Waals surface area (Å²) >= 11 is 0. The fraction of sp³-hybridized carbons (Fsp3) is 0.0526. The van der Waals surface area contributed by atoms with E-state index in [1.165, 1.54) is 0 Å². The van der Waals surface area contributed by atoms with E-state index in [1.807, 2.05) is 24.3 Å². The van der Waals surface area contributed by atoms with Crippen molar-refractivity contribution in [3.05, 3.63) is 84.1 Å². The second-order valence-electron chi connectivity index (χ2n) is 5.12. The lowest BCUT2D eigenvalue weighted by atomic mass is 10.1. The third-order valence-electron chi connectivity index (χ3n) is 3.47. The van der Waals surface area contributed by atoms with Gasteiger partial charge in [-0.3, -0.25) is 0 Å². The van der Waals surface area contributed by atoms with Crippen LogP contribution in [-0.4, -0.2) is 6.18 Å². The smallest absolute Gasteiger partial charge is 0.351 e. The molecule has 1 N–H and O–H groups in total. The van der Waals surface area contributed by atoms with Gasteiger partial charge in [-0.2, -0.15) is 13.2 Å². The topological polar surface area (TPSA) is 12.0 Å². The Labute approximate surface area is 132 Å². The fourth-order valence-electron chi connectivity index (χ4n) is 2.38. The summed E-state index contributed by atoms with van der Waals surface area (Å²) in [6.45, 7) is 0. The molecule has 0 saturated heterocycles. The van der Waals surface area contributed by atoms with Crippen LogP contribution in [0.15, 0.2) is 78.5 Å². The first-order chi connectivity index (χ1) is 11.0. The van der Waals surface area contributed by atoms with E-state index in [4.69, 9.17) is 0 Å². The van der Waals surface area contributed by atoms with Gasteiger partial charge in [-0.1, -0.05) is 66.7 Å². The first-order valence-corrected chi connectivity index (χ1v) is 7.13. The number of allylic oxidation sites excluding steroid dienone is 1. The molecule has 0 unspecified atom stereocenters. The van der Waals surface area contributed by atoms with Crippen LogP contribution in [-0.2, 0) is 0 Å². The number of hydrogen-bond donors (Lipinski definition) is 1. The summed E-state index contributed by atoms with van der Waals surface area (Å²) in [6.07, 6.45) is -3.35. The SMILES string of the molecule is FC(F)(F)C(=Cc1ccccc1)Nc1cccc2ccccc12. The minimum absolute atomic E-state index is 0.433. The third kappa shape index (κ3) is 3.54. The summed E-state index contributed by atoms with van der Waals surface area (Å²) in [5, 5.41) is 4.18. The van der Waals surface area contributed by atoms with Crippen LogP contribution in [0.25, 0.3) is 16.8 Å². The van der Waals surface area contributed by atoms with Crippen molar-refractivity contribution in [3.63, 3.8) is 0 Å². The van der Waals surface area contributed by atoms with Crippen molar-refractivity contribution in [1.29, 1.82) is 0 Å². The van der Waals surface area contributed by atoms with Crippen molar-refractivity contribution >= 4 is 22.5 Å². The summed E-state index contributed by atoms with van der Waals surface area (Å²) in [6, 6.07) is 21.0. The molecule has 0 radical (unpaired) electrons. The molecule has 3 aromatic rings. The zero-order valence-electron chi connectivity index (χ0n) is 12.1. The molecule has 0 aliphatic carbocycles. The maximum absolute atomic E-state index is 13.4. The van der Waals surface area contributed by atoms with Crippen LogP contribution >= 0.6 is 0 Å². The molecule has 23 heavy (non-hydrogen) atoms. The Kier molecular flexibility index (Phi) is 4.06. The highest BCUT2D eigenvalue weighted by molar-refractivity contribution is 5.94. The number of alkyl halides is 3. The van der Waals surface area contributed by atoms with Crippen LogP contribution in [0.5, 0.6) is 0 Å². The lowest BCUT2D eigenvalue weighted by Crippen LogP contribution is -2.19. The Bertz CT molecular complexity index is 831. The quantitative estimate of drug-likeness (QED) is 0.639. The van der Waals surface area contributed by atoms with Gasteiger partial charge in [0.15, 0.2) is 0 Å². The Hall–Kier alpha value is -2.75. The molecule has 0 heterocycles. The molecule has 0 atom stereocenters. The molecule has 0 aliphatic rings. The number of nitrogens with one attached hydrogen (secondary N) is 1. The van der Waals surface area contributed by atoms with Gasteiger partial charge in [0.1, 0.15) is 5.70 Å². The Morgan fingerprint density at radius 1 is 0.783 bits per heavy atom. The van der Waals surface area contributed by atoms with E-state index in [0.717, 1.165) is 16.8 Å². The molecule has 0 bridgehead atoms. The van der Waals surface area contributed by atoms with Crippen molar-refractivity contribution < 1.29 is 13.2 Å². The van der Waals surface area contributed by atoms with Crippen molar-refractivity contribution in [1.82, 2.24) is 0 Å². The van der Waals surface area contributed by atoms with Crippen LogP contribution in [0, 0.1) is 0 Å². The summed E-state index contributed by atoms with van der Waals surface area (Å²) in [4.78, 5) is 0. The van der Waals surface area contributed by atoms with Gasteiger partial charge >= 0.3 is 6.18 Å². The normalized spacial score (nSPS) is 12.4. The van der Waals surface area contributed by atoms with E-state index >= 15 is 0 Å². The number of benzene rings is 3. The molecule has 0 saturated carbocycles. The molecule has 1 nitrogen and oxygen atoms in total. The van der Waals surface area contributed by atoms with Gasteiger partial charge in [0.25, 0.3) is 0 Å². The van der Waals surface area contributed by atoms with E-state index in [1.54, 1.807) is 48.5 Å². The van der Waals surface area contributed by atoms with Crippen LogP contribution in [0.2, 0.25) is 0 Å². The van der Waals surface area contributed by atoms with Crippen LogP contribution in [0.3, 0.4) is 0 Å². The number of fused-ring (bicyclic) bond motifs is 1. The van der Waals surface area contributed by atoms with Crippen molar-refractivity contribution in [2.75, 3.05) is 5.32 Å². The Balaban J connectivity index is 2.04. The van der Waals surface area contributed by atoms with E-state index < -0.39 is 11.9 Å². The van der Waals surface area contributed by atoms with Crippen LogP contribution in [0.4, 0.5) is 18.9 Å². The molecule has 0 fully saturated rings. The predicted octanol–water partition coefficient (Wildman–Crippen LogP) is 5.86. The predicted molar refractivity (Wildman–Crippen MR) is 88.0 cm³/mol. The van der Waals surface area contributed by atoms with Crippen molar-refractivity contribution in [2.45, 2.75) is 6.18 Å². The number of anilines is 1. The first kappa shape index (κ1) is 15.2. The maximum atomic E-state index is 13.4. The number of halogens is 3. The molecule has 0 amide bonds. The van der Waals surface area contributed by atoms with Gasteiger partial charge in [-0.25, -0.2) is 0 Å². The average Bonchev–Trinajstić information content (AvgIpc) is 2.55. The molecular formula is C19H14F3N. The zero-order valence-corrected chi connectivity index (χ0v) is 12.1. The fourth-order valence-corrected chi connectivity index (χ4v) is 2.38. The average molecular weight is 313 g/mol. The summed E-state index contributed by atoms with van der Waals surface area (Å²) in [5.41, 5.74) is 0.134. The Morgan fingerprint density at radius 2 is 1.43 bits per heavy atom. The molecule has 0 aliphatic heterocycles. The standard InChI is InChI=1S/C19H14F3N/c20-19(21,22)18(13-14-7-2-1-3-8-14)23-17-12-6-10-15-9-4-5-11-16(15)17/h1-13,23H. The molecule has 4 heteroatoms. The van der Waals surface area contributed by atoms with E-state index in [2.05, 4.69) is 5.32 Å². The molecule has 3 rings (SSSR count). The van der Waals surface area contributed by atoms with Crippen LogP contribution in [0.1, 0.15) is 5.56 Å². The molecule has 0 spiro atoms. The number of rotatable bonds is 3. The van der Waals surface area contributed by atoms with Crippen molar-refractivity contribution in [2.24, 2.45) is 0 Å². The molecule has 0 aromatic heterocycles. The van der Waals surface area contributed by atoms with Gasteiger partial charge < -0.3 is 5.32 Å². The van der Waals surface area contributed by atoms with Gasteiger partial charge in [0.05, 0.1) is 0 Å². The highest BCUT2D eigenvalue weighted by Gasteiger charge is 2.34. The highest BCUT2D eigenvalue weighted by atomic mass is 19.4. The van der Waals surface area contributed by atoms with Gasteiger partial charge in [0, 0.05) is 11.1 Å². The minimum atomic E-state index is -4.47. The highest BCUT2D eigenvalue weighted by Crippen LogP contribution is 2.31. The summed E-state index contributed by atoms with van der Waals surface area (Å²) in [7, 11) is 0. The molecule has 116 valence electrons. The van der Waals surface area contributed by atoms with E-state index in [0.29, 0.717) is 11.3 Å². The van der Waals surface area contributed by atoms with E-state index in [-0.39, 0.29) is 0 Å². The lowest BCUT2D eigenvalue weighted by Gasteiger charge is -2.16. The van der Waals surface area contributed by atoms with Gasteiger partial charge in [0.2, 0.25) is 0 Å². The number of hydrogen-bond acceptors (Lipinski definition) is 1. The van der Waals surface area contributed by atoms with Crippen LogP contribution < -0.4 is 5.32 Å². The first-order valence-electron chi connectivity index (χ1n) is 7.13.